The predicted octanol–water partition coefficient (Wildman–Crippen LogP) is 5.06. The standard InChI is InChI=1S/C23H26N4O2S2/c1-4-11-27-22(17-13-30-20-12-15(2)9-10-16(17)20)25-26-23(27)31-14-21(28)24-18-7-5-6-8-19(18)29-3/h4-8,13,15H,1,9-12,14H2,2-3H3,(H,24,28). The highest BCUT2D eigenvalue weighted by molar-refractivity contribution is 7.99. The molecule has 1 amide bonds. The van der Waals surface area contributed by atoms with Gasteiger partial charge in [0.25, 0.3) is 0 Å². The SMILES string of the molecule is C=CCn1c(SCC(=O)Nc2ccccc2OC)nnc1-c1csc2c1CCC(C)C2. The second-order valence-corrected chi connectivity index (χ2v) is 9.55. The second kappa shape index (κ2) is 9.70. The van der Waals surface area contributed by atoms with Crippen LogP contribution in [0.4, 0.5) is 5.69 Å². The van der Waals surface area contributed by atoms with Crippen LogP contribution in [0.2, 0.25) is 0 Å². The molecule has 0 saturated heterocycles. The number of rotatable bonds is 8. The number of thioether (sulfide) groups is 1. The monoisotopic (exact) mass is 454 g/mol. The first-order valence-corrected chi connectivity index (χ1v) is 12.2. The Morgan fingerprint density at radius 1 is 1.42 bits per heavy atom. The Morgan fingerprint density at radius 3 is 3.06 bits per heavy atom. The number of thiophene rings is 1. The summed E-state index contributed by atoms with van der Waals surface area (Å²) in [6.45, 7) is 6.80. The van der Waals surface area contributed by atoms with Crippen LogP contribution < -0.4 is 10.1 Å². The molecule has 1 unspecified atom stereocenters. The molecule has 162 valence electrons. The minimum absolute atomic E-state index is 0.119. The molecule has 6 nitrogen and oxygen atoms in total. The van der Waals surface area contributed by atoms with Gasteiger partial charge in [-0.3, -0.25) is 9.36 Å². The minimum Gasteiger partial charge on any atom is -0.495 e. The molecule has 1 atom stereocenters. The van der Waals surface area contributed by atoms with Gasteiger partial charge in [0.1, 0.15) is 5.75 Å². The molecular formula is C23H26N4O2S2. The zero-order valence-electron chi connectivity index (χ0n) is 17.8. The van der Waals surface area contributed by atoms with Gasteiger partial charge in [-0.2, -0.15) is 0 Å². The molecule has 0 bridgehead atoms. The van der Waals surface area contributed by atoms with Crippen molar-refractivity contribution in [3.05, 3.63) is 52.7 Å². The first-order chi connectivity index (χ1) is 15.1. The fourth-order valence-corrected chi connectivity index (χ4v) is 5.81. The molecule has 31 heavy (non-hydrogen) atoms. The van der Waals surface area contributed by atoms with Gasteiger partial charge in [-0.1, -0.05) is 36.9 Å². The van der Waals surface area contributed by atoms with Crippen LogP contribution in [0.1, 0.15) is 23.8 Å². The summed E-state index contributed by atoms with van der Waals surface area (Å²) in [4.78, 5) is 14.0. The molecule has 1 aliphatic carbocycles. The minimum atomic E-state index is -0.119. The predicted molar refractivity (Wildman–Crippen MR) is 127 cm³/mol. The molecule has 0 saturated carbocycles. The van der Waals surface area contributed by atoms with Crippen molar-refractivity contribution in [2.45, 2.75) is 37.9 Å². The summed E-state index contributed by atoms with van der Waals surface area (Å²) in [6, 6.07) is 7.37. The number of carbonyl (C=O) groups excluding carboxylic acids is 1. The Morgan fingerprint density at radius 2 is 2.26 bits per heavy atom. The first kappa shape index (κ1) is 21.6. The third-order valence-corrected chi connectivity index (χ3v) is 7.40. The Kier molecular flexibility index (Phi) is 6.77. The molecule has 2 aromatic heterocycles. The summed E-state index contributed by atoms with van der Waals surface area (Å²) in [5.41, 5.74) is 3.24. The number of nitrogens with zero attached hydrogens (tertiary/aromatic N) is 3. The highest BCUT2D eigenvalue weighted by Gasteiger charge is 2.24. The van der Waals surface area contributed by atoms with E-state index in [9.17, 15) is 4.79 Å². The number of para-hydroxylation sites is 2. The van der Waals surface area contributed by atoms with E-state index in [0.29, 0.717) is 23.1 Å². The van der Waals surface area contributed by atoms with Gasteiger partial charge in [0.05, 0.1) is 18.6 Å². The van der Waals surface area contributed by atoms with Crippen LogP contribution in [-0.4, -0.2) is 33.5 Å². The van der Waals surface area contributed by atoms with Gasteiger partial charge >= 0.3 is 0 Å². The zero-order chi connectivity index (χ0) is 21.8. The normalized spacial score (nSPS) is 15.4. The molecule has 2 heterocycles. The molecule has 3 aromatic rings. The van der Waals surface area contributed by atoms with Crippen LogP contribution in [0, 0.1) is 5.92 Å². The van der Waals surface area contributed by atoms with Gasteiger partial charge in [-0.25, -0.2) is 0 Å². The van der Waals surface area contributed by atoms with E-state index < -0.39 is 0 Å². The molecular weight excluding hydrogens is 428 g/mol. The topological polar surface area (TPSA) is 69.0 Å². The lowest BCUT2D eigenvalue weighted by Gasteiger charge is -2.19. The molecule has 0 radical (unpaired) electrons. The third-order valence-electron chi connectivity index (χ3n) is 5.38. The Hall–Kier alpha value is -2.58. The number of hydrogen-bond donors (Lipinski definition) is 1. The number of anilines is 1. The Balaban J connectivity index is 1.50. The average molecular weight is 455 g/mol. The molecule has 4 rings (SSSR count). The average Bonchev–Trinajstić information content (AvgIpc) is 3.36. The highest BCUT2D eigenvalue weighted by atomic mass is 32.2. The van der Waals surface area contributed by atoms with Crippen LogP contribution in [0.3, 0.4) is 0 Å². The van der Waals surface area contributed by atoms with Crippen molar-refractivity contribution < 1.29 is 9.53 Å². The fraction of sp³-hybridized carbons (Fsp3) is 0.348. The molecule has 0 fully saturated rings. The maximum absolute atomic E-state index is 12.5. The van der Waals surface area contributed by atoms with E-state index in [1.807, 2.05) is 41.7 Å². The second-order valence-electron chi connectivity index (χ2n) is 7.64. The largest absolute Gasteiger partial charge is 0.495 e. The van der Waals surface area contributed by atoms with Crippen molar-refractivity contribution in [2.24, 2.45) is 5.92 Å². The zero-order valence-corrected chi connectivity index (χ0v) is 19.4. The molecule has 0 spiro atoms. The maximum atomic E-state index is 12.5. The van der Waals surface area contributed by atoms with Crippen LogP contribution >= 0.6 is 23.1 Å². The van der Waals surface area contributed by atoms with Gasteiger partial charge in [0.2, 0.25) is 5.91 Å². The third kappa shape index (κ3) is 4.70. The lowest BCUT2D eigenvalue weighted by atomic mass is 9.88. The van der Waals surface area contributed by atoms with Gasteiger partial charge < -0.3 is 10.1 Å². The number of ether oxygens (including phenoxy) is 1. The van der Waals surface area contributed by atoms with Crippen molar-refractivity contribution >= 4 is 34.7 Å². The quantitative estimate of drug-likeness (QED) is 0.381. The number of aromatic nitrogens is 3. The van der Waals surface area contributed by atoms with Crippen molar-refractivity contribution in [2.75, 3.05) is 18.2 Å². The molecule has 1 aromatic carbocycles. The lowest BCUT2D eigenvalue weighted by molar-refractivity contribution is -0.113. The number of benzene rings is 1. The van der Waals surface area contributed by atoms with E-state index in [2.05, 4.69) is 39.0 Å². The van der Waals surface area contributed by atoms with Crippen LogP contribution in [0.25, 0.3) is 11.4 Å². The number of allylic oxidation sites excluding steroid dienone is 1. The van der Waals surface area contributed by atoms with Gasteiger partial charge in [0, 0.05) is 22.4 Å². The summed E-state index contributed by atoms with van der Waals surface area (Å²) in [6.07, 6.45) is 5.27. The number of hydrogen-bond acceptors (Lipinski definition) is 6. The maximum Gasteiger partial charge on any atom is 0.234 e. The van der Waals surface area contributed by atoms with Gasteiger partial charge in [0.15, 0.2) is 11.0 Å². The molecule has 1 N–H and O–H groups in total. The molecule has 1 aliphatic rings. The van der Waals surface area contributed by atoms with E-state index in [0.717, 1.165) is 24.6 Å². The molecule has 0 aliphatic heterocycles. The van der Waals surface area contributed by atoms with Crippen molar-refractivity contribution in [1.82, 2.24) is 14.8 Å². The summed E-state index contributed by atoms with van der Waals surface area (Å²) < 4.78 is 7.35. The van der Waals surface area contributed by atoms with Crippen LogP contribution in [0.5, 0.6) is 5.75 Å². The van der Waals surface area contributed by atoms with Crippen LogP contribution in [-0.2, 0) is 24.2 Å². The van der Waals surface area contributed by atoms with E-state index in [1.165, 1.54) is 34.2 Å². The summed E-state index contributed by atoms with van der Waals surface area (Å²) >= 11 is 3.20. The van der Waals surface area contributed by atoms with E-state index in [-0.39, 0.29) is 11.7 Å². The highest BCUT2D eigenvalue weighted by Crippen LogP contribution is 2.38. The Bertz CT molecular complexity index is 1090. The van der Waals surface area contributed by atoms with Gasteiger partial charge in [-0.15, -0.1) is 28.1 Å². The lowest BCUT2D eigenvalue weighted by Crippen LogP contribution is -2.15. The van der Waals surface area contributed by atoms with E-state index >= 15 is 0 Å². The summed E-state index contributed by atoms with van der Waals surface area (Å²) in [7, 11) is 1.59. The van der Waals surface area contributed by atoms with Crippen molar-refractivity contribution in [3.63, 3.8) is 0 Å². The number of carbonyl (C=O) groups is 1. The van der Waals surface area contributed by atoms with E-state index in [4.69, 9.17) is 4.74 Å². The first-order valence-electron chi connectivity index (χ1n) is 10.3. The number of nitrogens with one attached hydrogen (secondary N) is 1. The van der Waals surface area contributed by atoms with Crippen LogP contribution in [0.15, 0.2) is 47.5 Å². The number of amides is 1. The van der Waals surface area contributed by atoms with Crippen molar-refractivity contribution in [3.8, 4) is 17.1 Å². The summed E-state index contributed by atoms with van der Waals surface area (Å²) in [5.74, 6) is 2.34. The number of methoxy groups -OCH3 is 1. The smallest absolute Gasteiger partial charge is 0.234 e. The molecule has 8 heteroatoms. The van der Waals surface area contributed by atoms with Gasteiger partial charge in [-0.05, 0) is 42.9 Å². The van der Waals surface area contributed by atoms with Crippen molar-refractivity contribution in [1.29, 1.82) is 0 Å². The Labute approximate surface area is 190 Å². The van der Waals surface area contributed by atoms with E-state index in [1.54, 1.807) is 7.11 Å². The summed E-state index contributed by atoms with van der Waals surface area (Å²) in [5, 5.41) is 14.7. The fourth-order valence-electron chi connectivity index (χ4n) is 3.82. The number of fused-ring (bicyclic) bond motifs is 1.